The van der Waals surface area contributed by atoms with E-state index in [9.17, 15) is 28.4 Å². The van der Waals surface area contributed by atoms with Crippen LogP contribution in [0.1, 0.15) is 42.9 Å². The molecule has 1 saturated carbocycles. The fraction of sp³-hybridized carbons (Fsp3) is 0.407. The van der Waals surface area contributed by atoms with Crippen LogP contribution in [0.4, 0.5) is 30.6 Å². The van der Waals surface area contributed by atoms with E-state index in [-0.39, 0.29) is 47.3 Å². The molecule has 0 aliphatic heterocycles. The lowest BCUT2D eigenvalue weighted by Crippen LogP contribution is -2.37. The van der Waals surface area contributed by atoms with Gasteiger partial charge in [-0.25, -0.2) is 4.98 Å². The molecule has 214 valence electrons. The van der Waals surface area contributed by atoms with Crippen LogP contribution in [0.2, 0.25) is 0 Å². The van der Waals surface area contributed by atoms with Crippen molar-refractivity contribution in [2.45, 2.75) is 50.7 Å². The molecular formula is C27H31F3N6O4. The number of hydrogen-bond donors (Lipinski definition) is 4. The van der Waals surface area contributed by atoms with Gasteiger partial charge in [-0.1, -0.05) is 48.5 Å². The molecule has 0 spiro atoms. The molecule has 0 radical (unpaired) electrons. The summed E-state index contributed by atoms with van der Waals surface area (Å²) in [6, 6.07) is 15.4. The van der Waals surface area contributed by atoms with Crippen molar-refractivity contribution in [3.8, 4) is 5.75 Å². The van der Waals surface area contributed by atoms with Gasteiger partial charge in [0, 0.05) is 31.2 Å². The fourth-order valence-electron chi connectivity index (χ4n) is 4.66. The first-order chi connectivity index (χ1) is 19.2. The maximum atomic E-state index is 12.7. The van der Waals surface area contributed by atoms with Crippen molar-refractivity contribution in [3.63, 3.8) is 0 Å². The highest BCUT2D eigenvalue weighted by molar-refractivity contribution is 5.57. The van der Waals surface area contributed by atoms with Crippen LogP contribution in [0.25, 0.3) is 0 Å². The van der Waals surface area contributed by atoms with Gasteiger partial charge < -0.3 is 25.8 Å². The molecule has 10 nitrogen and oxygen atoms in total. The second-order valence-electron chi connectivity index (χ2n) is 9.63. The number of para-hydroxylation sites is 1. The molecule has 3 aromatic rings. The van der Waals surface area contributed by atoms with Crippen molar-refractivity contribution in [2.75, 3.05) is 23.7 Å². The molecule has 1 aromatic heterocycles. The minimum atomic E-state index is -4.84. The van der Waals surface area contributed by atoms with Crippen LogP contribution in [-0.2, 0) is 6.54 Å². The van der Waals surface area contributed by atoms with Gasteiger partial charge in [0.1, 0.15) is 11.9 Å². The number of nitrogens with zero attached hydrogens (tertiary/aromatic N) is 3. The van der Waals surface area contributed by atoms with E-state index in [2.05, 4.69) is 30.7 Å². The van der Waals surface area contributed by atoms with Crippen molar-refractivity contribution in [1.29, 1.82) is 0 Å². The maximum Gasteiger partial charge on any atom is 0.573 e. The Morgan fingerprint density at radius 2 is 1.75 bits per heavy atom. The van der Waals surface area contributed by atoms with E-state index in [4.69, 9.17) is 0 Å². The van der Waals surface area contributed by atoms with Crippen LogP contribution in [-0.4, -0.2) is 45.5 Å². The van der Waals surface area contributed by atoms with Crippen molar-refractivity contribution in [1.82, 2.24) is 15.3 Å². The van der Waals surface area contributed by atoms with Crippen LogP contribution in [0.5, 0.6) is 5.75 Å². The Hall–Kier alpha value is -3.97. The third-order valence-electron chi connectivity index (χ3n) is 6.79. The number of halogens is 3. The largest absolute Gasteiger partial charge is 0.573 e. The Bertz CT molecular complexity index is 1260. The molecule has 1 heterocycles. The highest BCUT2D eigenvalue weighted by Crippen LogP contribution is 2.29. The van der Waals surface area contributed by atoms with Gasteiger partial charge in [-0.05, 0) is 43.2 Å². The smallest absolute Gasteiger partial charge is 0.405 e. The molecule has 0 saturated heterocycles. The summed E-state index contributed by atoms with van der Waals surface area (Å²) in [5.74, 6) is -0.0229. The second kappa shape index (κ2) is 13.4. The molecule has 0 unspecified atom stereocenters. The van der Waals surface area contributed by atoms with E-state index >= 15 is 0 Å². The molecular weight excluding hydrogens is 529 g/mol. The molecule has 2 aromatic carbocycles. The summed E-state index contributed by atoms with van der Waals surface area (Å²) in [6.45, 7) is 0.853. The maximum absolute atomic E-state index is 12.7. The normalized spacial score (nSPS) is 18.1. The predicted octanol–water partition coefficient (Wildman–Crippen LogP) is 5.19. The van der Waals surface area contributed by atoms with Crippen LogP contribution >= 0.6 is 0 Å². The van der Waals surface area contributed by atoms with Gasteiger partial charge in [0.25, 0.3) is 0 Å². The monoisotopic (exact) mass is 560 g/mol. The lowest BCUT2D eigenvalue weighted by molar-refractivity contribution is -0.384. The van der Waals surface area contributed by atoms with Gasteiger partial charge in [-0.2, -0.15) is 4.98 Å². The lowest BCUT2D eigenvalue weighted by atomic mass is 9.86. The summed E-state index contributed by atoms with van der Waals surface area (Å²) in [6.07, 6.45) is -0.743. The summed E-state index contributed by atoms with van der Waals surface area (Å²) >= 11 is 0. The highest BCUT2D eigenvalue weighted by atomic mass is 19.4. The molecule has 4 rings (SSSR count). The molecule has 4 N–H and O–H groups in total. The molecule has 1 aliphatic rings. The minimum Gasteiger partial charge on any atom is -0.405 e. The van der Waals surface area contributed by atoms with Crippen molar-refractivity contribution < 1.29 is 27.9 Å². The summed E-state index contributed by atoms with van der Waals surface area (Å²) in [7, 11) is 0. The van der Waals surface area contributed by atoms with Gasteiger partial charge in [0.05, 0.1) is 11.0 Å². The van der Waals surface area contributed by atoms with Crippen LogP contribution in [0.15, 0.2) is 60.8 Å². The number of aliphatic hydroxyl groups is 1. The number of rotatable bonds is 12. The molecule has 1 fully saturated rings. The Morgan fingerprint density at radius 1 is 1.05 bits per heavy atom. The number of nitrogens with one attached hydrogen (secondary N) is 3. The quantitative estimate of drug-likeness (QED) is 0.174. The Morgan fingerprint density at radius 3 is 2.45 bits per heavy atom. The molecule has 1 atom stereocenters. The average Bonchev–Trinajstić information content (AvgIpc) is 2.94. The summed E-state index contributed by atoms with van der Waals surface area (Å²) in [4.78, 5) is 19.1. The number of hydrogen-bond acceptors (Lipinski definition) is 9. The van der Waals surface area contributed by atoms with Crippen LogP contribution < -0.4 is 20.7 Å². The number of benzene rings is 2. The standard InChI is InChI=1S/C27H31F3N6O4/c28-27(29,30)40-24-9-5-4-8-20(24)15-33-26-34-16-22(36(38)39)25(35-26)32-14-18-10-12-21(13-11-18)31-17-23(37)19-6-2-1-3-7-19/h1-9,16,18,21,23,31,37H,10-15,17H2,(H2,32,33,34,35)/t18-,21-,23-/m0/s1. The molecule has 0 bridgehead atoms. The number of anilines is 2. The summed E-state index contributed by atoms with van der Waals surface area (Å²) in [5, 5.41) is 31.2. The number of ether oxygens (including phenoxy) is 1. The zero-order valence-electron chi connectivity index (χ0n) is 21.6. The van der Waals surface area contributed by atoms with E-state index in [0.29, 0.717) is 13.1 Å². The number of aliphatic hydroxyl groups excluding tert-OH is 1. The van der Waals surface area contributed by atoms with Gasteiger partial charge >= 0.3 is 12.0 Å². The van der Waals surface area contributed by atoms with E-state index in [1.165, 1.54) is 18.2 Å². The summed E-state index contributed by atoms with van der Waals surface area (Å²) in [5.41, 5.74) is 0.793. The Kier molecular flexibility index (Phi) is 9.72. The summed E-state index contributed by atoms with van der Waals surface area (Å²) < 4.78 is 42.2. The van der Waals surface area contributed by atoms with Gasteiger partial charge in [-0.3, -0.25) is 10.1 Å². The van der Waals surface area contributed by atoms with E-state index in [0.717, 1.165) is 37.4 Å². The fourth-order valence-corrected chi connectivity index (χ4v) is 4.66. The molecule has 1 aliphatic carbocycles. The number of alkyl halides is 3. The zero-order chi connectivity index (χ0) is 28.5. The first-order valence-corrected chi connectivity index (χ1v) is 13.0. The van der Waals surface area contributed by atoms with Crippen LogP contribution in [0, 0.1) is 16.0 Å². The van der Waals surface area contributed by atoms with Crippen molar-refractivity contribution >= 4 is 17.5 Å². The van der Waals surface area contributed by atoms with Crippen molar-refractivity contribution in [2.24, 2.45) is 5.92 Å². The third-order valence-corrected chi connectivity index (χ3v) is 6.79. The number of aromatic nitrogens is 2. The van der Waals surface area contributed by atoms with Crippen molar-refractivity contribution in [3.05, 3.63) is 82.0 Å². The second-order valence-corrected chi connectivity index (χ2v) is 9.63. The average molecular weight is 561 g/mol. The molecule has 40 heavy (non-hydrogen) atoms. The molecule has 13 heteroatoms. The van der Waals surface area contributed by atoms with E-state index in [1.54, 1.807) is 6.07 Å². The predicted molar refractivity (Wildman–Crippen MR) is 143 cm³/mol. The molecule has 0 amide bonds. The highest BCUT2D eigenvalue weighted by Gasteiger charge is 2.32. The van der Waals surface area contributed by atoms with Crippen LogP contribution in [0.3, 0.4) is 0 Å². The minimum absolute atomic E-state index is 0.0276. The van der Waals surface area contributed by atoms with Gasteiger partial charge in [-0.15, -0.1) is 13.2 Å². The first kappa shape index (κ1) is 29.0. The lowest BCUT2D eigenvalue weighted by Gasteiger charge is -2.30. The Balaban J connectivity index is 1.29. The SMILES string of the molecule is O=[N+]([O-])c1cnc(NCc2ccccc2OC(F)(F)F)nc1NC[C@H]1CC[C@H](NC[C@H](O)c2ccccc2)CC1. The third kappa shape index (κ3) is 8.52. The van der Waals surface area contributed by atoms with E-state index in [1.807, 2.05) is 30.3 Å². The van der Waals surface area contributed by atoms with E-state index < -0.39 is 17.4 Å². The number of nitro groups is 1. The first-order valence-electron chi connectivity index (χ1n) is 13.0. The Labute approximate surface area is 229 Å². The van der Waals surface area contributed by atoms with Gasteiger partial charge in [0.2, 0.25) is 11.8 Å². The van der Waals surface area contributed by atoms with Gasteiger partial charge in [0.15, 0.2) is 0 Å². The zero-order valence-corrected chi connectivity index (χ0v) is 21.6. The topological polar surface area (TPSA) is 134 Å².